The molecule has 2 aromatic heterocycles. The minimum absolute atomic E-state index is 0.117. The third-order valence-corrected chi connectivity index (χ3v) is 11.1. The van der Waals surface area contributed by atoms with Gasteiger partial charge in [0, 0.05) is 42.9 Å². The van der Waals surface area contributed by atoms with E-state index in [9.17, 15) is 9.59 Å². The van der Waals surface area contributed by atoms with Gasteiger partial charge in [0.25, 0.3) is 5.91 Å². The Morgan fingerprint density at radius 2 is 1.80 bits per heavy atom. The first-order valence-electron chi connectivity index (χ1n) is 15.8. The summed E-state index contributed by atoms with van der Waals surface area (Å²) in [6.07, 6.45) is 7.67. The van der Waals surface area contributed by atoms with Crippen LogP contribution in [0.2, 0.25) is 25.7 Å². The largest absolute Gasteiger partial charge is 0.364 e. The lowest BCUT2D eigenvalue weighted by Gasteiger charge is -2.32. The van der Waals surface area contributed by atoms with E-state index in [0.717, 1.165) is 66.6 Å². The Morgan fingerprint density at radius 1 is 1.11 bits per heavy atom. The average Bonchev–Trinajstić information content (AvgIpc) is 3.51. The van der Waals surface area contributed by atoms with E-state index in [2.05, 4.69) is 43.9 Å². The SMILES string of the molecule is CSCCn1ncc([C@@H](C(=O)Nc2ccc(-c3c(C)nn(COCC[Si](C)(C)C)c3C)cc2)C2CCC(C)CC2)c1C(N)=O. The highest BCUT2D eigenvalue weighted by atomic mass is 32.2. The third-order valence-electron chi connectivity index (χ3n) is 8.79. The Balaban J connectivity index is 1.53. The average molecular weight is 639 g/mol. The van der Waals surface area contributed by atoms with Crippen LogP contribution >= 0.6 is 11.8 Å². The minimum atomic E-state index is -1.15. The number of hydrogen-bond donors (Lipinski definition) is 2. The van der Waals surface area contributed by atoms with Crippen molar-refractivity contribution in [3.8, 4) is 11.1 Å². The summed E-state index contributed by atoms with van der Waals surface area (Å²) in [5.74, 6) is 0.380. The van der Waals surface area contributed by atoms with Crippen LogP contribution < -0.4 is 11.1 Å². The molecule has 1 aromatic carbocycles. The normalized spacial score (nSPS) is 17.9. The van der Waals surface area contributed by atoms with E-state index in [4.69, 9.17) is 15.6 Å². The van der Waals surface area contributed by atoms with Crippen LogP contribution in [0.15, 0.2) is 30.5 Å². The maximum Gasteiger partial charge on any atom is 0.267 e. The summed E-state index contributed by atoms with van der Waals surface area (Å²) in [6, 6.07) is 9.04. The van der Waals surface area contributed by atoms with Gasteiger partial charge in [-0.1, -0.05) is 51.5 Å². The summed E-state index contributed by atoms with van der Waals surface area (Å²) >= 11 is 1.68. The van der Waals surface area contributed by atoms with E-state index < -0.39 is 19.9 Å². The van der Waals surface area contributed by atoms with Crippen molar-refractivity contribution in [3.63, 3.8) is 0 Å². The summed E-state index contributed by atoms with van der Waals surface area (Å²) < 4.78 is 9.54. The third kappa shape index (κ3) is 8.42. The van der Waals surface area contributed by atoms with Gasteiger partial charge in [0.15, 0.2) is 0 Å². The minimum Gasteiger partial charge on any atom is -0.364 e. The standard InChI is InChI=1S/C33H50N6O3SSi/c1-22-8-10-26(11-9-22)30(28-20-35-38(16-18-43-4)31(28)32(34)40)33(41)36-27-14-12-25(13-15-27)29-23(2)37-39(24(29)3)21-42-17-19-44(5,6)7/h12-15,20,22,26,30H,8-11,16-19,21H2,1-7H3,(H2,34,40)(H,36,41)/t22?,26?,30-/m0/s1. The molecule has 1 aliphatic carbocycles. The smallest absolute Gasteiger partial charge is 0.267 e. The Morgan fingerprint density at radius 3 is 2.41 bits per heavy atom. The number of rotatable bonds is 14. The highest BCUT2D eigenvalue weighted by Gasteiger charge is 2.36. The molecule has 3 N–H and O–H groups in total. The molecule has 2 heterocycles. The summed E-state index contributed by atoms with van der Waals surface area (Å²) in [7, 11) is -1.15. The fraction of sp³-hybridized carbons (Fsp3) is 0.576. The van der Waals surface area contributed by atoms with Crippen molar-refractivity contribution in [2.75, 3.05) is 23.9 Å². The van der Waals surface area contributed by atoms with Crippen LogP contribution in [0.1, 0.15) is 66.0 Å². The van der Waals surface area contributed by atoms with E-state index in [0.29, 0.717) is 36.1 Å². The molecule has 0 saturated heterocycles. The van der Waals surface area contributed by atoms with Crippen molar-refractivity contribution in [1.82, 2.24) is 19.6 Å². The van der Waals surface area contributed by atoms with Crippen LogP contribution in [0.4, 0.5) is 5.69 Å². The van der Waals surface area contributed by atoms with Gasteiger partial charge in [-0.15, -0.1) is 0 Å². The number of aryl methyl sites for hydroxylation is 2. The van der Waals surface area contributed by atoms with Crippen molar-refractivity contribution in [1.29, 1.82) is 0 Å². The molecule has 4 rings (SSSR count). The maximum atomic E-state index is 14.0. The number of carbonyl (C=O) groups excluding carboxylic acids is 2. The number of nitrogens with zero attached hydrogens (tertiary/aromatic N) is 4. The molecule has 0 radical (unpaired) electrons. The van der Waals surface area contributed by atoms with Gasteiger partial charge >= 0.3 is 0 Å². The van der Waals surface area contributed by atoms with Crippen LogP contribution in [-0.2, 0) is 22.8 Å². The van der Waals surface area contributed by atoms with E-state index in [-0.39, 0.29) is 11.8 Å². The molecule has 0 bridgehead atoms. The molecule has 240 valence electrons. The topological polar surface area (TPSA) is 117 Å². The molecule has 0 spiro atoms. The Hall–Kier alpha value is -2.89. The number of carbonyl (C=O) groups is 2. The Labute approximate surface area is 267 Å². The summed E-state index contributed by atoms with van der Waals surface area (Å²) in [6.45, 7) is 15.1. The van der Waals surface area contributed by atoms with Crippen molar-refractivity contribution in [3.05, 3.63) is 53.1 Å². The maximum absolute atomic E-state index is 14.0. The molecule has 11 heteroatoms. The van der Waals surface area contributed by atoms with Gasteiger partial charge in [0.05, 0.1) is 24.4 Å². The first-order chi connectivity index (χ1) is 20.9. The zero-order valence-corrected chi connectivity index (χ0v) is 29.3. The summed E-state index contributed by atoms with van der Waals surface area (Å²) in [4.78, 5) is 26.7. The van der Waals surface area contributed by atoms with Gasteiger partial charge in [-0.05, 0) is 68.5 Å². The number of thioether (sulfide) groups is 1. The molecule has 0 unspecified atom stereocenters. The predicted molar refractivity (Wildman–Crippen MR) is 183 cm³/mol. The van der Waals surface area contributed by atoms with E-state index >= 15 is 0 Å². The van der Waals surface area contributed by atoms with Gasteiger partial charge in [0.2, 0.25) is 5.91 Å². The quantitative estimate of drug-likeness (QED) is 0.150. The lowest BCUT2D eigenvalue weighted by atomic mass is 9.73. The predicted octanol–water partition coefficient (Wildman–Crippen LogP) is 6.69. The number of benzene rings is 1. The number of aromatic nitrogens is 4. The highest BCUT2D eigenvalue weighted by molar-refractivity contribution is 7.98. The molecular formula is C33H50N6O3SSi. The number of hydrogen-bond acceptors (Lipinski definition) is 6. The zero-order chi connectivity index (χ0) is 32.0. The van der Waals surface area contributed by atoms with Gasteiger partial charge in [-0.3, -0.25) is 14.3 Å². The van der Waals surface area contributed by atoms with Gasteiger partial charge in [0.1, 0.15) is 12.4 Å². The van der Waals surface area contributed by atoms with E-state index in [1.165, 1.54) is 0 Å². The number of anilines is 1. The molecule has 1 atom stereocenters. The number of nitrogens with two attached hydrogens (primary N) is 1. The number of amides is 2. The van der Waals surface area contributed by atoms with Gasteiger partial charge < -0.3 is 15.8 Å². The van der Waals surface area contributed by atoms with Crippen LogP contribution in [0.3, 0.4) is 0 Å². The second-order valence-corrected chi connectivity index (χ2v) is 20.1. The summed E-state index contributed by atoms with van der Waals surface area (Å²) in [5.41, 5.74) is 11.7. The lowest BCUT2D eigenvalue weighted by Crippen LogP contribution is -2.32. The molecular weight excluding hydrogens is 589 g/mol. The molecule has 1 fully saturated rings. The van der Waals surface area contributed by atoms with Crippen LogP contribution in [0.25, 0.3) is 11.1 Å². The van der Waals surface area contributed by atoms with Crippen LogP contribution in [0, 0.1) is 25.7 Å². The first kappa shape index (κ1) is 34.0. The zero-order valence-electron chi connectivity index (χ0n) is 27.5. The second-order valence-electron chi connectivity index (χ2n) is 13.5. The van der Waals surface area contributed by atoms with Crippen LogP contribution in [-0.4, -0.2) is 58.1 Å². The molecule has 9 nitrogen and oxygen atoms in total. The molecule has 1 saturated carbocycles. The lowest BCUT2D eigenvalue weighted by molar-refractivity contribution is -0.119. The van der Waals surface area contributed by atoms with Crippen molar-refractivity contribution in [2.45, 2.75) is 91.3 Å². The van der Waals surface area contributed by atoms with E-state index in [1.807, 2.05) is 42.1 Å². The van der Waals surface area contributed by atoms with Crippen LogP contribution in [0.5, 0.6) is 0 Å². The fourth-order valence-electron chi connectivity index (χ4n) is 6.18. The Bertz CT molecular complexity index is 1420. The highest BCUT2D eigenvalue weighted by Crippen LogP contribution is 2.40. The molecule has 1 aliphatic rings. The van der Waals surface area contributed by atoms with E-state index in [1.54, 1.807) is 22.6 Å². The number of primary amides is 1. The van der Waals surface area contributed by atoms with Gasteiger partial charge in [-0.2, -0.15) is 22.0 Å². The fourth-order valence-corrected chi connectivity index (χ4v) is 7.29. The first-order valence-corrected chi connectivity index (χ1v) is 20.9. The van der Waals surface area contributed by atoms with Crippen molar-refractivity contribution >= 4 is 37.3 Å². The number of nitrogens with one attached hydrogen (secondary N) is 1. The molecule has 2 amide bonds. The molecule has 3 aromatic rings. The Kier molecular flexibility index (Phi) is 11.5. The van der Waals surface area contributed by atoms with Crippen molar-refractivity contribution < 1.29 is 14.3 Å². The monoisotopic (exact) mass is 638 g/mol. The number of ether oxygens (including phenoxy) is 1. The summed E-state index contributed by atoms with van der Waals surface area (Å²) in [5, 5.41) is 12.4. The van der Waals surface area contributed by atoms with Gasteiger partial charge in [-0.25, -0.2) is 4.68 Å². The second kappa shape index (κ2) is 14.9. The molecule has 44 heavy (non-hydrogen) atoms. The van der Waals surface area contributed by atoms with Crippen molar-refractivity contribution in [2.24, 2.45) is 17.6 Å². The molecule has 0 aliphatic heterocycles.